The van der Waals surface area contributed by atoms with Crippen LogP contribution in [-0.2, 0) is 4.74 Å². The van der Waals surface area contributed by atoms with Crippen LogP contribution in [0.5, 0.6) is 0 Å². The fraction of sp³-hybridized carbons (Fsp3) is 0.500. The van der Waals surface area contributed by atoms with Gasteiger partial charge in [0.05, 0.1) is 10.6 Å². The van der Waals surface area contributed by atoms with Gasteiger partial charge in [-0.2, -0.15) is 0 Å². The molecular formula is C12H16BrFO2. The van der Waals surface area contributed by atoms with E-state index in [4.69, 9.17) is 4.74 Å². The van der Waals surface area contributed by atoms with Crippen LogP contribution in [0.1, 0.15) is 31.4 Å². The lowest BCUT2D eigenvalue weighted by Gasteiger charge is -2.22. The predicted octanol–water partition coefficient (Wildman–Crippen LogP) is 3.44. The molecule has 2 unspecified atom stereocenters. The number of methoxy groups -OCH3 is 1. The molecule has 0 radical (unpaired) electrons. The van der Waals surface area contributed by atoms with Crippen molar-refractivity contribution in [1.82, 2.24) is 0 Å². The Balaban J connectivity index is 2.94. The zero-order valence-corrected chi connectivity index (χ0v) is 11.0. The zero-order chi connectivity index (χ0) is 12.1. The molecule has 0 aliphatic rings. The van der Waals surface area contributed by atoms with E-state index in [2.05, 4.69) is 15.9 Å². The minimum absolute atomic E-state index is 0.273. The highest BCUT2D eigenvalue weighted by molar-refractivity contribution is 9.10. The summed E-state index contributed by atoms with van der Waals surface area (Å²) in [6, 6.07) is 4.88. The van der Waals surface area contributed by atoms with Gasteiger partial charge in [0.2, 0.25) is 0 Å². The standard InChI is InChI=1S/C12H16BrFO2/c1-3-5-10(16-2)12(15)8-6-4-7-9(13)11(8)14/h4,6-7,10,12,15H,3,5H2,1-2H3. The first kappa shape index (κ1) is 13.6. The maximum absolute atomic E-state index is 13.7. The van der Waals surface area contributed by atoms with E-state index < -0.39 is 11.9 Å². The SMILES string of the molecule is CCCC(OC)C(O)c1cccc(Br)c1F. The number of aliphatic hydroxyl groups excluding tert-OH is 1. The van der Waals surface area contributed by atoms with Crippen molar-refractivity contribution in [2.24, 2.45) is 0 Å². The van der Waals surface area contributed by atoms with E-state index in [1.54, 1.807) is 18.2 Å². The third-order valence-corrected chi connectivity index (χ3v) is 3.14. The maximum Gasteiger partial charge on any atom is 0.143 e. The maximum atomic E-state index is 13.7. The van der Waals surface area contributed by atoms with Crippen molar-refractivity contribution in [3.8, 4) is 0 Å². The Kier molecular flexibility index (Phi) is 5.38. The molecule has 1 rings (SSSR count). The lowest BCUT2D eigenvalue weighted by atomic mass is 10.0. The van der Waals surface area contributed by atoms with E-state index in [0.717, 1.165) is 6.42 Å². The van der Waals surface area contributed by atoms with Gasteiger partial charge in [0.15, 0.2) is 0 Å². The molecule has 0 bridgehead atoms. The molecule has 2 atom stereocenters. The van der Waals surface area contributed by atoms with Gasteiger partial charge in [-0.25, -0.2) is 4.39 Å². The van der Waals surface area contributed by atoms with Crippen molar-refractivity contribution in [3.05, 3.63) is 34.1 Å². The van der Waals surface area contributed by atoms with Gasteiger partial charge >= 0.3 is 0 Å². The Bertz CT molecular complexity index is 344. The van der Waals surface area contributed by atoms with Crippen LogP contribution in [0.4, 0.5) is 4.39 Å². The average molecular weight is 291 g/mol. The Labute approximate surface area is 104 Å². The highest BCUT2D eigenvalue weighted by Gasteiger charge is 2.23. The molecule has 1 aromatic rings. The summed E-state index contributed by atoms with van der Waals surface area (Å²) in [6.07, 6.45) is 0.283. The summed E-state index contributed by atoms with van der Waals surface area (Å²) < 4.78 is 19.3. The molecular weight excluding hydrogens is 275 g/mol. The third-order valence-electron chi connectivity index (χ3n) is 2.53. The summed E-state index contributed by atoms with van der Waals surface area (Å²) in [5.41, 5.74) is 0.273. The highest BCUT2D eigenvalue weighted by atomic mass is 79.9. The summed E-state index contributed by atoms with van der Waals surface area (Å²) in [4.78, 5) is 0. The number of hydrogen-bond donors (Lipinski definition) is 1. The predicted molar refractivity (Wildman–Crippen MR) is 64.8 cm³/mol. The number of hydrogen-bond acceptors (Lipinski definition) is 2. The van der Waals surface area contributed by atoms with Gasteiger partial charge in [-0.05, 0) is 28.4 Å². The second kappa shape index (κ2) is 6.33. The summed E-state index contributed by atoms with van der Waals surface area (Å²) in [6.45, 7) is 2.00. The smallest absolute Gasteiger partial charge is 0.143 e. The van der Waals surface area contributed by atoms with Crippen LogP contribution in [0, 0.1) is 5.82 Å². The lowest BCUT2D eigenvalue weighted by Crippen LogP contribution is -2.21. The Morgan fingerprint density at radius 1 is 1.50 bits per heavy atom. The first-order chi connectivity index (χ1) is 7.61. The van der Waals surface area contributed by atoms with Crippen LogP contribution in [0.2, 0.25) is 0 Å². The first-order valence-corrected chi connectivity index (χ1v) is 6.05. The number of benzene rings is 1. The molecule has 1 N–H and O–H groups in total. The van der Waals surface area contributed by atoms with Crippen LogP contribution >= 0.6 is 15.9 Å². The van der Waals surface area contributed by atoms with Crippen molar-refractivity contribution in [2.75, 3.05) is 7.11 Å². The third kappa shape index (κ3) is 3.03. The van der Waals surface area contributed by atoms with Crippen LogP contribution in [-0.4, -0.2) is 18.3 Å². The molecule has 90 valence electrons. The second-order valence-electron chi connectivity index (χ2n) is 3.65. The summed E-state index contributed by atoms with van der Waals surface area (Å²) in [5.74, 6) is -0.423. The number of ether oxygens (including phenoxy) is 1. The Morgan fingerprint density at radius 2 is 2.19 bits per heavy atom. The van der Waals surface area contributed by atoms with E-state index in [0.29, 0.717) is 10.9 Å². The molecule has 4 heteroatoms. The van der Waals surface area contributed by atoms with E-state index in [1.165, 1.54) is 7.11 Å². The summed E-state index contributed by atoms with van der Waals surface area (Å²) in [5, 5.41) is 10.0. The Hall–Kier alpha value is -0.450. The number of halogens is 2. The molecule has 0 spiro atoms. The van der Waals surface area contributed by atoms with Gasteiger partial charge < -0.3 is 9.84 Å². The van der Waals surface area contributed by atoms with Gasteiger partial charge in [0.25, 0.3) is 0 Å². The van der Waals surface area contributed by atoms with Crippen molar-refractivity contribution in [3.63, 3.8) is 0 Å². The van der Waals surface area contributed by atoms with E-state index >= 15 is 0 Å². The molecule has 0 amide bonds. The van der Waals surface area contributed by atoms with Gasteiger partial charge in [-0.3, -0.25) is 0 Å². The average Bonchev–Trinajstić information content (AvgIpc) is 2.29. The molecule has 16 heavy (non-hydrogen) atoms. The Morgan fingerprint density at radius 3 is 2.75 bits per heavy atom. The quantitative estimate of drug-likeness (QED) is 0.900. The minimum atomic E-state index is -0.928. The largest absolute Gasteiger partial charge is 0.386 e. The molecule has 1 aromatic carbocycles. The fourth-order valence-corrected chi connectivity index (χ4v) is 2.02. The van der Waals surface area contributed by atoms with Crippen LogP contribution < -0.4 is 0 Å². The first-order valence-electron chi connectivity index (χ1n) is 5.26. The zero-order valence-electron chi connectivity index (χ0n) is 9.41. The lowest BCUT2D eigenvalue weighted by molar-refractivity contribution is -0.0195. The van der Waals surface area contributed by atoms with Gasteiger partial charge in [-0.1, -0.05) is 25.5 Å². The topological polar surface area (TPSA) is 29.5 Å². The van der Waals surface area contributed by atoms with Crippen molar-refractivity contribution >= 4 is 15.9 Å². The van der Waals surface area contributed by atoms with E-state index in [1.807, 2.05) is 6.92 Å². The highest BCUT2D eigenvalue weighted by Crippen LogP contribution is 2.28. The molecule has 2 nitrogen and oxygen atoms in total. The van der Waals surface area contributed by atoms with Crippen LogP contribution in [0.3, 0.4) is 0 Å². The molecule has 0 aliphatic heterocycles. The van der Waals surface area contributed by atoms with Crippen molar-refractivity contribution in [2.45, 2.75) is 32.0 Å². The van der Waals surface area contributed by atoms with Gasteiger partial charge in [-0.15, -0.1) is 0 Å². The van der Waals surface area contributed by atoms with E-state index in [9.17, 15) is 9.50 Å². The van der Waals surface area contributed by atoms with Crippen LogP contribution in [0.15, 0.2) is 22.7 Å². The second-order valence-corrected chi connectivity index (χ2v) is 4.51. The fourth-order valence-electron chi connectivity index (χ4n) is 1.64. The normalized spacial score (nSPS) is 14.8. The molecule has 0 fully saturated rings. The molecule has 0 heterocycles. The van der Waals surface area contributed by atoms with Gasteiger partial charge in [0, 0.05) is 12.7 Å². The molecule has 0 saturated carbocycles. The minimum Gasteiger partial charge on any atom is -0.386 e. The number of aliphatic hydroxyl groups is 1. The van der Waals surface area contributed by atoms with Crippen molar-refractivity contribution in [1.29, 1.82) is 0 Å². The number of rotatable bonds is 5. The molecule has 0 saturated heterocycles. The van der Waals surface area contributed by atoms with E-state index in [-0.39, 0.29) is 11.7 Å². The van der Waals surface area contributed by atoms with Gasteiger partial charge in [0.1, 0.15) is 11.9 Å². The van der Waals surface area contributed by atoms with Crippen molar-refractivity contribution < 1.29 is 14.2 Å². The molecule has 0 aromatic heterocycles. The monoisotopic (exact) mass is 290 g/mol. The summed E-state index contributed by atoms with van der Waals surface area (Å²) in [7, 11) is 1.53. The van der Waals surface area contributed by atoms with Crippen LogP contribution in [0.25, 0.3) is 0 Å². The molecule has 0 aliphatic carbocycles. The summed E-state index contributed by atoms with van der Waals surface area (Å²) >= 11 is 3.10.